The van der Waals surface area contributed by atoms with Crippen molar-refractivity contribution in [1.29, 1.82) is 0 Å². The number of benzene rings is 1. The van der Waals surface area contributed by atoms with Crippen molar-refractivity contribution in [2.45, 2.75) is 52.7 Å². The van der Waals surface area contributed by atoms with Crippen molar-refractivity contribution in [2.24, 2.45) is 11.8 Å². The molecule has 2 unspecified atom stereocenters. The summed E-state index contributed by atoms with van der Waals surface area (Å²) in [6.07, 6.45) is 2.40. The van der Waals surface area contributed by atoms with Crippen molar-refractivity contribution in [3.05, 3.63) is 35.9 Å². The van der Waals surface area contributed by atoms with Crippen molar-refractivity contribution >= 4 is 5.91 Å². The van der Waals surface area contributed by atoms with Gasteiger partial charge in [-0.1, -0.05) is 58.0 Å². The fraction of sp³-hybridized carbons (Fsp3) is 0.611. The third-order valence-corrected chi connectivity index (χ3v) is 4.15. The number of nitrogens with one attached hydrogen (secondary N) is 1. The summed E-state index contributed by atoms with van der Waals surface area (Å²) in [5, 5.41) is 3.52. The molecule has 1 aromatic rings. The van der Waals surface area contributed by atoms with Gasteiger partial charge in [-0.2, -0.15) is 0 Å². The SMILES string of the molecule is CC(C)CCCN1C(=O)C(c2ccccc2)NC1C(C)C. The molecule has 0 aromatic heterocycles. The summed E-state index contributed by atoms with van der Waals surface area (Å²) in [5.41, 5.74) is 1.07. The summed E-state index contributed by atoms with van der Waals surface area (Å²) >= 11 is 0. The number of hydrogen-bond donors (Lipinski definition) is 1. The van der Waals surface area contributed by atoms with Crippen LogP contribution >= 0.6 is 0 Å². The molecule has 2 atom stereocenters. The number of carbonyl (C=O) groups excluding carboxylic acids is 1. The number of rotatable bonds is 6. The van der Waals surface area contributed by atoms with E-state index in [1.165, 1.54) is 6.42 Å². The molecule has 0 saturated carbocycles. The van der Waals surface area contributed by atoms with Gasteiger partial charge in [0.15, 0.2) is 0 Å². The van der Waals surface area contributed by atoms with E-state index < -0.39 is 0 Å². The lowest BCUT2D eigenvalue weighted by atomic mass is 10.1. The minimum absolute atomic E-state index is 0.148. The standard InChI is InChI=1S/C18H28N2O/c1-13(2)9-8-12-20-17(14(3)4)19-16(18(20)21)15-10-6-5-7-11-15/h5-7,10-11,13-14,16-17,19H,8-9,12H2,1-4H3. The summed E-state index contributed by atoms with van der Waals surface area (Å²) in [6, 6.07) is 9.86. The number of carbonyl (C=O) groups is 1. The molecule has 3 nitrogen and oxygen atoms in total. The second-order valence-electron chi connectivity index (χ2n) is 6.77. The molecule has 1 aliphatic rings. The van der Waals surface area contributed by atoms with E-state index in [1.54, 1.807) is 0 Å². The Kier molecular flexibility index (Phi) is 5.40. The van der Waals surface area contributed by atoms with Gasteiger partial charge in [-0.15, -0.1) is 0 Å². The predicted molar refractivity (Wildman–Crippen MR) is 86.7 cm³/mol. The van der Waals surface area contributed by atoms with E-state index in [0.717, 1.165) is 18.5 Å². The molecule has 1 fully saturated rings. The average Bonchev–Trinajstić information content (AvgIpc) is 2.77. The Hall–Kier alpha value is -1.35. The highest BCUT2D eigenvalue weighted by Crippen LogP contribution is 2.27. The Bertz CT molecular complexity index is 456. The lowest BCUT2D eigenvalue weighted by molar-refractivity contribution is -0.130. The van der Waals surface area contributed by atoms with Gasteiger partial charge in [0.2, 0.25) is 5.91 Å². The van der Waals surface area contributed by atoms with Crippen LogP contribution in [-0.4, -0.2) is 23.5 Å². The maximum Gasteiger partial charge on any atom is 0.245 e. The molecule has 0 bridgehead atoms. The Labute approximate surface area is 128 Å². The quantitative estimate of drug-likeness (QED) is 0.868. The van der Waals surface area contributed by atoms with Gasteiger partial charge in [0.05, 0.1) is 6.17 Å². The molecule has 0 spiro atoms. The van der Waals surface area contributed by atoms with Crippen molar-refractivity contribution in [3.8, 4) is 0 Å². The van der Waals surface area contributed by atoms with Crippen LogP contribution in [0.3, 0.4) is 0 Å². The summed E-state index contributed by atoms with van der Waals surface area (Å²) in [6.45, 7) is 9.67. The van der Waals surface area contributed by atoms with E-state index in [-0.39, 0.29) is 18.1 Å². The molecule has 1 N–H and O–H groups in total. The largest absolute Gasteiger partial charge is 0.325 e. The van der Waals surface area contributed by atoms with Crippen molar-refractivity contribution in [3.63, 3.8) is 0 Å². The number of hydrogen-bond acceptors (Lipinski definition) is 2. The van der Waals surface area contributed by atoms with Crippen molar-refractivity contribution < 1.29 is 4.79 Å². The average molecular weight is 288 g/mol. The molecular weight excluding hydrogens is 260 g/mol. The van der Waals surface area contributed by atoms with Gasteiger partial charge in [-0.05, 0) is 30.2 Å². The zero-order chi connectivity index (χ0) is 15.4. The Morgan fingerprint density at radius 3 is 2.38 bits per heavy atom. The zero-order valence-corrected chi connectivity index (χ0v) is 13.7. The molecule has 116 valence electrons. The molecule has 1 heterocycles. The molecule has 1 aromatic carbocycles. The van der Waals surface area contributed by atoms with Gasteiger partial charge in [0.1, 0.15) is 6.04 Å². The molecule has 1 saturated heterocycles. The predicted octanol–water partition coefficient (Wildman–Crippen LogP) is 3.58. The third-order valence-electron chi connectivity index (χ3n) is 4.15. The molecule has 1 aliphatic heterocycles. The molecular formula is C18H28N2O. The first-order chi connectivity index (χ1) is 10.0. The molecule has 3 heteroatoms. The van der Waals surface area contributed by atoms with E-state index in [0.29, 0.717) is 11.8 Å². The fourth-order valence-corrected chi connectivity index (χ4v) is 2.99. The van der Waals surface area contributed by atoms with Crippen molar-refractivity contribution in [2.75, 3.05) is 6.54 Å². The van der Waals surface area contributed by atoms with Crippen LogP contribution in [0.2, 0.25) is 0 Å². The van der Waals surface area contributed by atoms with Crippen LogP contribution in [0.25, 0.3) is 0 Å². The van der Waals surface area contributed by atoms with E-state index in [4.69, 9.17) is 0 Å². The molecule has 0 aliphatic carbocycles. The highest BCUT2D eigenvalue weighted by Gasteiger charge is 2.40. The smallest absolute Gasteiger partial charge is 0.245 e. The molecule has 0 radical (unpaired) electrons. The van der Waals surface area contributed by atoms with Gasteiger partial charge in [-0.25, -0.2) is 0 Å². The summed E-state index contributed by atoms with van der Waals surface area (Å²) < 4.78 is 0. The Balaban J connectivity index is 2.09. The Morgan fingerprint density at radius 2 is 1.81 bits per heavy atom. The van der Waals surface area contributed by atoms with Crippen molar-refractivity contribution in [1.82, 2.24) is 10.2 Å². The highest BCUT2D eigenvalue weighted by atomic mass is 16.2. The molecule has 2 rings (SSSR count). The van der Waals surface area contributed by atoms with Crippen LogP contribution < -0.4 is 5.32 Å². The van der Waals surface area contributed by atoms with Gasteiger partial charge in [0, 0.05) is 6.54 Å². The summed E-state index contributed by atoms with van der Waals surface area (Å²) in [4.78, 5) is 14.8. The van der Waals surface area contributed by atoms with Crippen LogP contribution in [0, 0.1) is 11.8 Å². The van der Waals surface area contributed by atoms with E-state index in [1.807, 2.05) is 35.2 Å². The lowest BCUT2D eigenvalue weighted by Gasteiger charge is -2.27. The normalized spacial score (nSPS) is 22.6. The van der Waals surface area contributed by atoms with Crippen LogP contribution in [0.15, 0.2) is 30.3 Å². The van der Waals surface area contributed by atoms with E-state index in [2.05, 4.69) is 33.0 Å². The van der Waals surface area contributed by atoms with Gasteiger partial charge >= 0.3 is 0 Å². The lowest BCUT2D eigenvalue weighted by Crippen LogP contribution is -2.41. The third kappa shape index (κ3) is 3.85. The summed E-state index contributed by atoms with van der Waals surface area (Å²) in [5.74, 6) is 1.34. The first-order valence-corrected chi connectivity index (χ1v) is 8.12. The second kappa shape index (κ2) is 7.08. The second-order valence-corrected chi connectivity index (χ2v) is 6.77. The minimum atomic E-state index is -0.183. The maximum absolute atomic E-state index is 12.8. The first-order valence-electron chi connectivity index (χ1n) is 8.12. The maximum atomic E-state index is 12.8. The molecule has 21 heavy (non-hydrogen) atoms. The Morgan fingerprint density at radius 1 is 1.14 bits per heavy atom. The number of nitrogens with zero attached hydrogens (tertiary/aromatic N) is 1. The van der Waals surface area contributed by atoms with Crippen LogP contribution in [0.4, 0.5) is 0 Å². The highest BCUT2D eigenvalue weighted by molar-refractivity contribution is 5.85. The van der Waals surface area contributed by atoms with Crippen LogP contribution in [0.5, 0.6) is 0 Å². The number of amides is 1. The fourth-order valence-electron chi connectivity index (χ4n) is 2.99. The minimum Gasteiger partial charge on any atom is -0.325 e. The van der Waals surface area contributed by atoms with Gasteiger partial charge < -0.3 is 4.90 Å². The topological polar surface area (TPSA) is 32.3 Å². The molecule has 1 amide bonds. The van der Waals surface area contributed by atoms with Gasteiger partial charge in [0.25, 0.3) is 0 Å². The van der Waals surface area contributed by atoms with Gasteiger partial charge in [-0.3, -0.25) is 10.1 Å². The van der Waals surface area contributed by atoms with Crippen LogP contribution in [0.1, 0.15) is 52.1 Å². The summed E-state index contributed by atoms with van der Waals surface area (Å²) in [7, 11) is 0. The zero-order valence-electron chi connectivity index (χ0n) is 13.7. The van der Waals surface area contributed by atoms with E-state index >= 15 is 0 Å². The first kappa shape index (κ1) is 16.0. The monoisotopic (exact) mass is 288 g/mol. The van der Waals surface area contributed by atoms with E-state index in [9.17, 15) is 4.79 Å². The van der Waals surface area contributed by atoms with Crippen LogP contribution in [-0.2, 0) is 4.79 Å².